The summed E-state index contributed by atoms with van der Waals surface area (Å²) >= 11 is 0. The number of ether oxygens (including phenoxy) is 1. The molecule has 0 spiro atoms. The van der Waals surface area contributed by atoms with E-state index >= 15 is 0 Å². The smallest absolute Gasteiger partial charge is 0.240 e. The van der Waals surface area contributed by atoms with Crippen molar-refractivity contribution in [2.45, 2.75) is 11.4 Å². The number of rotatable bonds is 1. The van der Waals surface area contributed by atoms with E-state index in [2.05, 4.69) is 4.74 Å². The Bertz CT molecular complexity index is 215. The first-order valence-electron chi connectivity index (χ1n) is 2.67. The maximum atomic E-state index is 12.5. The molecule has 0 aromatic heterocycles. The van der Waals surface area contributed by atoms with Gasteiger partial charge in [-0.3, -0.25) is 0 Å². The van der Waals surface area contributed by atoms with E-state index in [1.54, 1.807) is 0 Å². The molecule has 1 fully saturated rings. The zero-order valence-corrected chi connectivity index (χ0v) is 6.53. The van der Waals surface area contributed by atoms with Crippen LogP contribution >= 0.6 is 10.7 Å². The van der Waals surface area contributed by atoms with Crippen LogP contribution in [0.2, 0.25) is 0 Å². The first-order chi connectivity index (χ1) is 4.52. The van der Waals surface area contributed by atoms with Gasteiger partial charge in [0.2, 0.25) is 9.05 Å². The minimum Gasteiger partial charge on any atom is -0.377 e. The van der Waals surface area contributed by atoms with Gasteiger partial charge in [-0.2, -0.15) is 0 Å². The first kappa shape index (κ1) is 8.23. The molecule has 0 bridgehead atoms. The monoisotopic (exact) mass is 188 g/mol. The van der Waals surface area contributed by atoms with Crippen molar-refractivity contribution in [1.82, 2.24) is 0 Å². The standard InChI is InChI=1S/C4H6ClFO3S/c5-10(7,8)4-2-9-1-3(4)6/h3-4H,1-2H2/t3-,4-/m1/s1. The van der Waals surface area contributed by atoms with Gasteiger partial charge in [-0.1, -0.05) is 0 Å². The molecule has 0 saturated carbocycles. The molecule has 60 valence electrons. The fourth-order valence-corrected chi connectivity index (χ4v) is 1.95. The molecule has 0 aromatic rings. The summed E-state index contributed by atoms with van der Waals surface area (Å²) in [6, 6.07) is 0. The number of halogens is 2. The Kier molecular flexibility index (Phi) is 2.17. The molecule has 0 N–H and O–H groups in total. The second kappa shape index (κ2) is 2.64. The minimum absolute atomic E-state index is 0.132. The summed E-state index contributed by atoms with van der Waals surface area (Å²) in [6.45, 7) is -0.302. The minimum atomic E-state index is -3.78. The second-order valence-electron chi connectivity index (χ2n) is 2.07. The van der Waals surface area contributed by atoms with Crippen LogP contribution in [0, 0.1) is 0 Å². The van der Waals surface area contributed by atoms with Gasteiger partial charge in [0.15, 0.2) is 0 Å². The van der Waals surface area contributed by atoms with Crippen molar-refractivity contribution in [1.29, 1.82) is 0 Å². The Morgan fingerprint density at radius 2 is 2.10 bits per heavy atom. The number of alkyl halides is 1. The van der Waals surface area contributed by atoms with Crippen molar-refractivity contribution in [2.24, 2.45) is 0 Å². The largest absolute Gasteiger partial charge is 0.377 e. The van der Waals surface area contributed by atoms with Crippen LogP contribution in [0.15, 0.2) is 0 Å². The van der Waals surface area contributed by atoms with E-state index in [0.717, 1.165) is 0 Å². The quantitative estimate of drug-likeness (QED) is 0.556. The highest BCUT2D eigenvalue weighted by Gasteiger charge is 2.37. The van der Waals surface area contributed by atoms with Crippen molar-refractivity contribution in [2.75, 3.05) is 13.2 Å². The molecule has 0 radical (unpaired) electrons. The third kappa shape index (κ3) is 1.59. The number of hydrogen-bond donors (Lipinski definition) is 0. The van der Waals surface area contributed by atoms with E-state index in [0.29, 0.717) is 0 Å². The van der Waals surface area contributed by atoms with E-state index in [1.807, 2.05) is 0 Å². The summed E-state index contributed by atoms with van der Waals surface area (Å²) in [5.41, 5.74) is 0. The lowest BCUT2D eigenvalue weighted by molar-refractivity contribution is 0.173. The molecular formula is C4H6ClFO3S. The summed E-state index contributed by atoms with van der Waals surface area (Å²) < 4.78 is 38.0. The molecule has 0 aliphatic carbocycles. The molecule has 2 atom stereocenters. The molecule has 0 aromatic carbocycles. The topological polar surface area (TPSA) is 43.4 Å². The molecule has 0 amide bonds. The Balaban J connectivity index is 2.74. The molecule has 10 heavy (non-hydrogen) atoms. The van der Waals surface area contributed by atoms with Crippen molar-refractivity contribution in [3.8, 4) is 0 Å². The lowest BCUT2D eigenvalue weighted by Gasteiger charge is -2.03. The molecule has 1 rings (SSSR count). The van der Waals surface area contributed by atoms with Crippen molar-refractivity contribution >= 4 is 19.7 Å². The predicted octanol–water partition coefficient (Wildman–Crippen LogP) is 0.292. The average molecular weight is 189 g/mol. The van der Waals surface area contributed by atoms with E-state index in [1.165, 1.54) is 0 Å². The fraction of sp³-hybridized carbons (Fsp3) is 1.00. The van der Waals surface area contributed by atoms with Gasteiger partial charge in [0, 0.05) is 10.7 Å². The van der Waals surface area contributed by atoms with E-state index in [4.69, 9.17) is 10.7 Å². The van der Waals surface area contributed by atoms with Gasteiger partial charge in [-0.05, 0) is 0 Å². The third-order valence-corrected chi connectivity index (χ3v) is 3.17. The van der Waals surface area contributed by atoms with Crippen molar-refractivity contribution in [3.05, 3.63) is 0 Å². The van der Waals surface area contributed by atoms with Gasteiger partial charge in [-0.25, -0.2) is 12.8 Å². The van der Waals surface area contributed by atoms with Gasteiger partial charge in [0.05, 0.1) is 13.2 Å². The van der Waals surface area contributed by atoms with Crippen LogP contribution < -0.4 is 0 Å². The molecule has 1 aliphatic heterocycles. The first-order valence-corrected chi connectivity index (χ1v) is 5.04. The van der Waals surface area contributed by atoms with Crippen LogP contribution in [-0.4, -0.2) is 33.1 Å². The zero-order valence-electron chi connectivity index (χ0n) is 4.96. The highest BCUT2D eigenvalue weighted by Crippen LogP contribution is 2.20. The van der Waals surface area contributed by atoms with Crippen molar-refractivity contribution in [3.63, 3.8) is 0 Å². The van der Waals surface area contributed by atoms with Crippen molar-refractivity contribution < 1.29 is 17.5 Å². The maximum Gasteiger partial charge on any atom is 0.240 e. The summed E-state index contributed by atoms with van der Waals surface area (Å²) in [6.07, 6.45) is -1.47. The Morgan fingerprint density at radius 3 is 2.30 bits per heavy atom. The fourth-order valence-electron chi connectivity index (χ4n) is 0.766. The molecule has 1 heterocycles. The highest BCUT2D eigenvalue weighted by molar-refractivity contribution is 8.14. The lowest BCUT2D eigenvalue weighted by atomic mass is 10.3. The number of hydrogen-bond acceptors (Lipinski definition) is 3. The molecule has 3 nitrogen and oxygen atoms in total. The normalized spacial score (nSPS) is 34.6. The molecular weight excluding hydrogens is 183 g/mol. The lowest BCUT2D eigenvalue weighted by Crippen LogP contribution is -2.25. The van der Waals surface area contributed by atoms with Gasteiger partial charge in [-0.15, -0.1) is 0 Å². The van der Waals surface area contributed by atoms with Crippen LogP contribution in [-0.2, 0) is 13.8 Å². The van der Waals surface area contributed by atoms with E-state index in [9.17, 15) is 12.8 Å². The van der Waals surface area contributed by atoms with Gasteiger partial charge in [0.1, 0.15) is 11.4 Å². The predicted molar refractivity (Wildman–Crippen MR) is 34.3 cm³/mol. The van der Waals surface area contributed by atoms with Crippen LogP contribution in [0.1, 0.15) is 0 Å². The van der Waals surface area contributed by atoms with Gasteiger partial charge in [0.25, 0.3) is 0 Å². The SMILES string of the molecule is O=S(=O)(Cl)[C@@H]1COC[C@H]1F. The molecule has 1 aliphatic rings. The van der Waals surface area contributed by atoms with Crippen LogP contribution in [0.4, 0.5) is 4.39 Å². The second-order valence-corrected chi connectivity index (χ2v) is 4.91. The van der Waals surface area contributed by atoms with E-state index < -0.39 is 20.5 Å². The molecule has 1 saturated heterocycles. The van der Waals surface area contributed by atoms with Crippen LogP contribution in [0.3, 0.4) is 0 Å². The van der Waals surface area contributed by atoms with Crippen LogP contribution in [0.25, 0.3) is 0 Å². The Morgan fingerprint density at radius 1 is 1.50 bits per heavy atom. The summed E-state index contributed by atoms with van der Waals surface area (Å²) in [7, 11) is 1.11. The zero-order chi connectivity index (χ0) is 7.78. The third-order valence-electron chi connectivity index (χ3n) is 1.32. The highest BCUT2D eigenvalue weighted by atomic mass is 35.7. The van der Waals surface area contributed by atoms with Crippen LogP contribution in [0.5, 0.6) is 0 Å². The Labute approximate surface area is 62.5 Å². The Hall–Kier alpha value is 0.130. The summed E-state index contributed by atoms with van der Waals surface area (Å²) in [4.78, 5) is 0. The van der Waals surface area contributed by atoms with E-state index in [-0.39, 0.29) is 13.2 Å². The van der Waals surface area contributed by atoms with Gasteiger partial charge < -0.3 is 4.74 Å². The maximum absolute atomic E-state index is 12.5. The summed E-state index contributed by atoms with van der Waals surface area (Å²) in [5, 5.41) is -1.17. The average Bonchev–Trinajstić information content (AvgIpc) is 2.11. The summed E-state index contributed by atoms with van der Waals surface area (Å²) in [5.74, 6) is 0. The molecule has 0 unspecified atom stereocenters. The van der Waals surface area contributed by atoms with Gasteiger partial charge >= 0.3 is 0 Å². The molecule has 6 heteroatoms.